The van der Waals surface area contributed by atoms with Gasteiger partial charge in [0.05, 0.1) is 31.2 Å². The molecule has 2 N–H and O–H groups in total. The third-order valence-electron chi connectivity index (χ3n) is 3.96. The molecule has 11 heteroatoms. The van der Waals surface area contributed by atoms with Crippen LogP contribution in [0.2, 0.25) is 0 Å². The molecule has 148 valence electrons. The molecule has 2 rings (SSSR count). The maximum absolute atomic E-state index is 13.1. The van der Waals surface area contributed by atoms with Crippen LogP contribution < -0.4 is 15.4 Å². The second-order valence-electron chi connectivity index (χ2n) is 5.75. The molecule has 1 fully saturated rings. The predicted octanol–water partition coefficient (Wildman–Crippen LogP) is -0.294. The SMILES string of the molecule is COC(=O)CC1C(=O)NCCN1S(=O)(=O)c1ccc(OC)c(NC(C)=O)c1. The van der Waals surface area contributed by atoms with Crippen molar-refractivity contribution < 1.29 is 32.3 Å². The minimum absolute atomic E-state index is 0.00274. The number of amides is 2. The first-order valence-corrected chi connectivity index (χ1v) is 9.46. The molecule has 0 bridgehead atoms. The molecule has 0 spiro atoms. The number of hydrogen-bond acceptors (Lipinski definition) is 7. The number of carbonyl (C=O) groups excluding carboxylic acids is 3. The van der Waals surface area contributed by atoms with Crippen molar-refractivity contribution in [3.8, 4) is 5.75 Å². The Kier molecular flexibility index (Phi) is 6.39. The highest BCUT2D eigenvalue weighted by atomic mass is 32.2. The molecule has 1 atom stereocenters. The van der Waals surface area contributed by atoms with E-state index >= 15 is 0 Å². The van der Waals surface area contributed by atoms with Crippen molar-refractivity contribution >= 4 is 33.5 Å². The van der Waals surface area contributed by atoms with Gasteiger partial charge in [-0.15, -0.1) is 0 Å². The summed E-state index contributed by atoms with van der Waals surface area (Å²) in [6.07, 6.45) is -0.406. The molecule has 1 aliphatic heterocycles. The van der Waals surface area contributed by atoms with Crippen molar-refractivity contribution in [3.05, 3.63) is 18.2 Å². The van der Waals surface area contributed by atoms with Gasteiger partial charge in [0.25, 0.3) is 0 Å². The van der Waals surface area contributed by atoms with Crippen LogP contribution in [-0.2, 0) is 29.1 Å². The summed E-state index contributed by atoms with van der Waals surface area (Å²) in [5.74, 6) is -1.40. The number of methoxy groups -OCH3 is 2. The number of rotatable bonds is 6. The van der Waals surface area contributed by atoms with Crippen molar-refractivity contribution in [1.82, 2.24) is 9.62 Å². The van der Waals surface area contributed by atoms with Gasteiger partial charge in [-0.25, -0.2) is 8.42 Å². The highest BCUT2D eigenvalue weighted by Crippen LogP contribution is 2.30. The number of esters is 1. The number of hydrogen-bond donors (Lipinski definition) is 2. The monoisotopic (exact) mass is 399 g/mol. The highest BCUT2D eigenvalue weighted by molar-refractivity contribution is 7.89. The second kappa shape index (κ2) is 8.35. The van der Waals surface area contributed by atoms with Gasteiger partial charge in [-0.1, -0.05) is 0 Å². The molecule has 0 saturated carbocycles. The lowest BCUT2D eigenvalue weighted by Crippen LogP contribution is -2.57. The number of nitrogens with one attached hydrogen (secondary N) is 2. The highest BCUT2D eigenvalue weighted by Gasteiger charge is 2.40. The Labute approximate surface area is 156 Å². The Morgan fingerprint density at radius 2 is 2.04 bits per heavy atom. The third-order valence-corrected chi connectivity index (χ3v) is 5.86. The van der Waals surface area contributed by atoms with E-state index in [9.17, 15) is 22.8 Å². The van der Waals surface area contributed by atoms with Crippen LogP contribution in [0.5, 0.6) is 5.75 Å². The molecule has 0 aromatic heterocycles. The number of anilines is 1. The fourth-order valence-electron chi connectivity index (χ4n) is 2.69. The van der Waals surface area contributed by atoms with Crippen LogP contribution in [0, 0.1) is 0 Å². The number of ether oxygens (including phenoxy) is 2. The van der Waals surface area contributed by atoms with E-state index < -0.39 is 40.3 Å². The molecule has 27 heavy (non-hydrogen) atoms. The van der Waals surface area contributed by atoms with Crippen LogP contribution in [-0.4, -0.2) is 63.9 Å². The summed E-state index contributed by atoms with van der Waals surface area (Å²) in [7, 11) is -1.58. The smallest absolute Gasteiger partial charge is 0.307 e. The summed E-state index contributed by atoms with van der Waals surface area (Å²) in [5, 5.41) is 5.04. The number of nitrogens with zero attached hydrogens (tertiary/aromatic N) is 1. The van der Waals surface area contributed by atoms with Crippen molar-refractivity contribution in [2.24, 2.45) is 0 Å². The molecule has 1 aromatic carbocycles. The molecule has 0 radical (unpaired) electrons. The Morgan fingerprint density at radius 3 is 2.63 bits per heavy atom. The second-order valence-corrected chi connectivity index (χ2v) is 7.64. The molecular weight excluding hydrogens is 378 g/mol. The van der Waals surface area contributed by atoms with Gasteiger partial charge in [0.1, 0.15) is 11.8 Å². The Bertz CT molecular complexity index is 854. The maximum atomic E-state index is 13.1. The lowest BCUT2D eigenvalue weighted by molar-refractivity contribution is -0.144. The molecule has 1 unspecified atom stereocenters. The Morgan fingerprint density at radius 1 is 1.33 bits per heavy atom. The van der Waals surface area contributed by atoms with Crippen molar-refractivity contribution in [1.29, 1.82) is 0 Å². The molecular formula is C16H21N3O7S. The van der Waals surface area contributed by atoms with Crippen molar-refractivity contribution in [2.75, 3.05) is 32.6 Å². The van der Waals surface area contributed by atoms with Gasteiger partial charge in [0.15, 0.2) is 0 Å². The zero-order chi connectivity index (χ0) is 20.2. The van der Waals surface area contributed by atoms with Crippen LogP contribution >= 0.6 is 0 Å². The normalized spacial score (nSPS) is 17.7. The van der Waals surface area contributed by atoms with Crippen LogP contribution in [0.3, 0.4) is 0 Å². The topological polar surface area (TPSA) is 131 Å². The quantitative estimate of drug-likeness (QED) is 0.628. The Hall–Kier alpha value is -2.66. The molecule has 1 aliphatic rings. The van der Waals surface area contributed by atoms with Crippen LogP contribution in [0.25, 0.3) is 0 Å². The van der Waals surface area contributed by atoms with Crippen LogP contribution in [0.4, 0.5) is 5.69 Å². The molecule has 1 aromatic rings. The van der Waals surface area contributed by atoms with E-state index in [4.69, 9.17) is 4.74 Å². The van der Waals surface area contributed by atoms with Gasteiger partial charge >= 0.3 is 5.97 Å². The lowest BCUT2D eigenvalue weighted by atomic mass is 10.1. The zero-order valence-electron chi connectivity index (χ0n) is 15.1. The van der Waals surface area contributed by atoms with Crippen molar-refractivity contribution in [2.45, 2.75) is 24.3 Å². The average molecular weight is 399 g/mol. The maximum Gasteiger partial charge on any atom is 0.307 e. The minimum atomic E-state index is -4.12. The number of benzene rings is 1. The van der Waals surface area contributed by atoms with Crippen LogP contribution in [0.1, 0.15) is 13.3 Å². The van der Waals surface area contributed by atoms with Gasteiger partial charge in [-0.2, -0.15) is 4.31 Å². The first-order valence-electron chi connectivity index (χ1n) is 8.02. The first kappa shape index (κ1) is 20.6. The van der Waals surface area contributed by atoms with E-state index in [1.165, 1.54) is 32.2 Å². The predicted molar refractivity (Wildman–Crippen MR) is 94.6 cm³/mol. The summed E-state index contributed by atoms with van der Waals surface area (Å²) in [6, 6.07) is 2.73. The van der Waals surface area contributed by atoms with E-state index in [0.717, 1.165) is 11.4 Å². The summed E-state index contributed by atoms with van der Waals surface area (Å²) >= 11 is 0. The minimum Gasteiger partial charge on any atom is -0.495 e. The van der Waals surface area contributed by atoms with E-state index in [1.54, 1.807) is 0 Å². The molecule has 10 nitrogen and oxygen atoms in total. The van der Waals surface area contributed by atoms with Gasteiger partial charge in [-0.3, -0.25) is 14.4 Å². The molecule has 0 aliphatic carbocycles. The fraction of sp³-hybridized carbons (Fsp3) is 0.438. The average Bonchev–Trinajstić information content (AvgIpc) is 2.62. The van der Waals surface area contributed by atoms with Gasteiger partial charge in [0, 0.05) is 20.0 Å². The number of piperazine rings is 1. The van der Waals surface area contributed by atoms with Gasteiger partial charge < -0.3 is 20.1 Å². The number of carbonyl (C=O) groups is 3. The molecule has 1 heterocycles. The van der Waals surface area contributed by atoms with Crippen LogP contribution in [0.15, 0.2) is 23.1 Å². The van der Waals surface area contributed by atoms with Gasteiger partial charge in [-0.05, 0) is 18.2 Å². The largest absolute Gasteiger partial charge is 0.495 e. The number of sulfonamides is 1. The molecule has 1 saturated heterocycles. The zero-order valence-corrected chi connectivity index (χ0v) is 16.0. The van der Waals surface area contributed by atoms with Crippen molar-refractivity contribution in [3.63, 3.8) is 0 Å². The van der Waals surface area contributed by atoms with E-state index in [2.05, 4.69) is 15.4 Å². The standard InChI is InChI=1S/C16H21N3O7S/c1-10(20)18-12-8-11(4-5-14(12)25-2)27(23,24)19-7-6-17-16(22)13(19)9-15(21)26-3/h4-5,8,13H,6-7,9H2,1-3H3,(H,17,22)(H,18,20). The van der Waals surface area contributed by atoms with E-state index in [-0.39, 0.29) is 29.4 Å². The third kappa shape index (κ3) is 4.55. The summed E-state index contributed by atoms with van der Waals surface area (Å²) in [5.41, 5.74) is 0.178. The lowest BCUT2D eigenvalue weighted by Gasteiger charge is -2.33. The fourth-order valence-corrected chi connectivity index (χ4v) is 4.30. The first-order chi connectivity index (χ1) is 12.7. The van der Waals surface area contributed by atoms with E-state index in [1.807, 2.05) is 0 Å². The molecule has 2 amide bonds. The van der Waals surface area contributed by atoms with E-state index in [0.29, 0.717) is 0 Å². The summed E-state index contributed by atoms with van der Waals surface area (Å²) < 4.78 is 36.8. The Balaban J connectivity index is 2.44. The summed E-state index contributed by atoms with van der Waals surface area (Å²) in [6.45, 7) is 1.39. The summed E-state index contributed by atoms with van der Waals surface area (Å²) in [4.78, 5) is 35.0. The van der Waals surface area contributed by atoms with Gasteiger partial charge in [0.2, 0.25) is 21.8 Å².